The summed E-state index contributed by atoms with van der Waals surface area (Å²) in [6.45, 7) is 5.13. The average Bonchev–Trinajstić information content (AvgIpc) is 4.05. The Hall–Kier alpha value is -6.92. The molecular weight excluding hydrogens is 896 g/mol. The van der Waals surface area contributed by atoms with Crippen LogP contribution in [0, 0.1) is 24.2 Å². The van der Waals surface area contributed by atoms with Gasteiger partial charge in [-0.15, -0.1) is 6.42 Å². The van der Waals surface area contributed by atoms with Crippen LogP contribution >= 0.6 is 15.9 Å². The van der Waals surface area contributed by atoms with Gasteiger partial charge in [0.05, 0.1) is 58.8 Å². The minimum atomic E-state index is -1.66. The number of aliphatic hydroxyl groups is 2. The van der Waals surface area contributed by atoms with Crippen LogP contribution in [-0.2, 0) is 31.9 Å². The average molecular weight is 946 g/mol. The summed E-state index contributed by atoms with van der Waals surface area (Å²) >= 11 is 3.47. The van der Waals surface area contributed by atoms with E-state index in [1.807, 2.05) is 55.5 Å². The summed E-state index contributed by atoms with van der Waals surface area (Å²) in [5.74, 6) is 6.00. The van der Waals surface area contributed by atoms with E-state index in [2.05, 4.69) is 60.8 Å². The third-order valence-corrected chi connectivity index (χ3v) is 11.4. The van der Waals surface area contributed by atoms with Crippen LogP contribution in [0.3, 0.4) is 0 Å². The number of pyridine rings is 2. The van der Waals surface area contributed by atoms with E-state index < -0.39 is 29.0 Å². The molecule has 17 heteroatoms. The molecule has 6 aromatic rings. The summed E-state index contributed by atoms with van der Waals surface area (Å²) in [5, 5.41) is 30.3. The number of carbonyl (C=O) groups is 4. The second-order valence-electron chi connectivity index (χ2n) is 15.4. The molecule has 6 heterocycles. The Balaban J connectivity index is 0.000000184. The maximum atomic E-state index is 12.4. The molecule has 2 atom stereocenters. The van der Waals surface area contributed by atoms with Crippen molar-refractivity contribution in [3.8, 4) is 35.6 Å². The zero-order valence-corrected chi connectivity index (χ0v) is 38.5. The zero-order chi connectivity index (χ0) is 47.1. The molecular formula is C48H49BrN8O8. The lowest BCUT2D eigenvalue weighted by Crippen LogP contribution is -2.37. The third-order valence-electron chi connectivity index (χ3n) is 10.9. The molecule has 0 aliphatic carbocycles. The number of fused-ring (bicyclic) bond motifs is 2. The van der Waals surface area contributed by atoms with Crippen molar-refractivity contribution in [1.29, 1.82) is 0 Å². The number of rotatable bonds is 8. The van der Waals surface area contributed by atoms with Crippen molar-refractivity contribution >= 4 is 61.5 Å². The number of carbonyl (C=O) groups excluding carboxylic acids is 4. The largest absolute Gasteiger partial charge is 0.464 e. The van der Waals surface area contributed by atoms with Crippen LogP contribution in [0.4, 0.5) is 0 Å². The molecule has 4 aromatic heterocycles. The van der Waals surface area contributed by atoms with Gasteiger partial charge in [0.15, 0.2) is 11.4 Å². The summed E-state index contributed by atoms with van der Waals surface area (Å²) in [6.07, 6.45) is 12.4. The van der Waals surface area contributed by atoms with Crippen LogP contribution in [0.1, 0.15) is 77.5 Å². The van der Waals surface area contributed by atoms with Gasteiger partial charge < -0.3 is 29.5 Å². The molecule has 0 spiro atoms. The second-order valence-corrected chi connectivity index (χ2v) is 16.3. The summed E-state index contributed by atoms with van der Waals surface area (Å²) in [5.41, 5.74) is 2.75. The normalized spacial score (nSPS) is 17.7. The first-order valence-corrected chi connectivity index (χ1v) is 21.7. The van der Waals surface area contributed by atoms with Crippen molar-refractivity contribution < 1.29 is 38.9 Å². The number of methoxy groups -OCH3 is 2. The number of likely N-dealkylation sites (N-methyl/N-ethyl adjacent to an activating group) is 2. The number of hydrogen-bond donors (Lipinski definition) is 2. The van der Waals surface area contributed by atoms with Gasteiger partial charge in [-0.1, -0.05) is 72.5 Å². The predicted octanol–water partition coefficient (Wildman–Crippen LogP) is 5.24. The van der Waals surface area contributed by atoms with Gasteiger partial charge in [0.1, 0.15) is 0 Å². The molecule has 2 aliphatic rings. The zero-order valence-electron chi connectivity index (χ0n) is 37.0. The molecule has 0 bridgehead atoms. The van der Waals surface area contributed by atoms with Gasteiger partial charge >= 0.3 is 11.9 Å². The Kier molecular flexibility index (Phi) is 14.8. The van der Waals surface area contributed by atoms with E-state index in [1.54, 1.807) is 48.0 Å². The molecule has 2 aromatic carbocycles. The fraction of sp³-hybridized carbons (Fsp3) is 0.333. The molecule has 65 heavy (non-hydrogen) atoms. The van der Waals surface area contributed by atoms with E-state index in [4.69, 9.17) is 15.9 Å². The lowest BCUT2D eigenvalue weighted by atomic mass is 10.0. The van der Waals surface area contributed by atoms with E-state index in [-0.39, 0.29) is 18.0 Å². The maximum absolute atomic E-state index is 12.4. The molecule has 2 fully saturated rings. The number of nitrogens with zero attached hydrogens (tertiary/aromatic N) is 8. The molecule has 2 aliphatic heterocycles. The second kappa shape index (κ2) is 20.3. The van der Waals surface area contributed by atoms with Gasteiger partial charge in [-0.2, -0.15) is 10.2 Å². The van der Waals surface area contributed by atoms with E-state index >= 15 is 0 Å². The van der Waals surface area contributed by atoms with E-state index in [9.17, 15) is 29.4 Å². The Bertz CT molecular complexity index is 2890. The van der Waals surface area contributed by atoms with Crippen molar-refractivity contribution in [2.45, 2.75) is 63.6 Å². The molecule has 16 nitrogen and oxygen atoms in total. The minimum absolute atomic E-state index is 0.212. The standard InChI is InChI=1S/C24H24N4O4.C17H16BrN3O2.C7H9NO2/c1-4-6-18-20-19(10-13-25-18)28(26-21(20)22(29)32-3)17-8-5-7-16(15-17)9-11-24(31)12-14-27(2)23(24)30;1-3-5-13-15-14(8-9-19-13)21(20-16(15)17(22)23-2)12-7-4-6-11(18)10-12;1-3-7(10)4-5-8(2)6(7)9/h5,7-8,10,13,15,31H,4,6,12,14H2,1-3H3;4,6-10H,3,5H2,1-2H3;1,10H,4-5H2,2H3/t24-;;7-/m0.0/s1. The van der Waals surface area contributed by atoms with Crippen LogP contribution in [-0.4, -0.2) is 126 Å². The van der Waals surface area contributed by atoms with Crippen molar-refractivity contribution in [2.24, 2.45) is 0 Å². The molecule has 2 amide bonds. The van der Waals surface area contributed by atoms with E-state index in [1.165, 1.54) is 24.0 Å². The molecule has 0 saturated carbocycles. The smallest absolute Gasteiger partial charge is 0.359 e. The SMILES string of the molecule is C#C[C@]1(O)CCN(C)C1=O.CCCc1nccc2c1c(C(=O)OC)nn2-c1cccc(Br)c1.CCCc1nccc2c1c(C(=O)OC)nn2-c1cccc(C#C[C@]2(O)CCN(C)C2=O)c1. The van der Waals surface area contributed by atoms with Crippen LogP contribution in [0.2, 0.25) is 0 Å². The Morgan fingerprint density at radius 1 is 0.754 bits per heavy atom. The number of ether oxygens (including phenoxy) is 2. The van der Waals surface area contributed by atoms with Gasteiger partial charge in [-0.05, 0) is 61.4 Å². The first kappa shape index (κ1) is 47.6. The molecule has 8 rings (SSSR count). The number of benzene rings is 2. The highest BCUT2D eigenvalue weighted by atomic mass is 79.9. The highest BCUT2D eigenvalue weighted by Crippen LogP contribution is 2.29. The van der Waals surface area contributed by atoms with E-state index in [0.717, 1.165) is 57.2 Å². The molecule has 2 N–H and O–H groups in total. The Labute approximate surface area is 384 Å². The van der Waals surface area contributed by atoms with Gasteiger partial charge in [-0.3, -0.25) is 19.6 Å². The predicted molar refractivity (Wildman–Crippen MR) is 246 cm³/mol. The summed E-state index contributed by atoms with van der Waals surface area (Å²) in [6, 6.07) is 18.7. The van der Waals surface area contributed by atoms with Gasteiger partial charge in [0, 0.05) is 62.5 Å². The van der Waals surface area contributed by atoms with Crippen molar-refractivity contribution in [3.63, 3.8) is 0 Å². The maximum Gasteiger partial charge on any atom is 0.359 e. The molecule has 2 saturated heterocycles. The number of esters is 2. The molecule has 0 radical (unpaired) electrons. The highest BCUT2D eigenvalue weighted by molar-refractivity contribution is 9.10. The summed E-state index contributed by atoms with van der Waals surface area (Å²) in [4.78, 5) is 59.5. The molecule has 336 valence electrons. The quantitative estimate of drug-likeness (QED) is 0.149. The summed E-state index contributed by atoms with van der Waals surface area (Å²) < 4.78 is 14.2. The van der Waals surface area contributed by atoms with Crippen molar-refractivity contribution in [3.05, 3.63) is 106 Å². The monoisotopic (exact) mass is 944 g/mol. The Morgan fingerprint density at radius 2 is 1.23 bits per heavy atom. The first-order valence-electron chi connectivity index (χ1n) is 20.9. The van der Waals surface area contributed by atoms with Crippen molar-refractivity contribution in [2.75, 3.05) is 41.4 Å². The molecule has 0 unspecified atom stereocenters. The number of amides is 2. The number of likely N-dealkylation sites (tertiary alicyclic amines) is 2. The van der Waals surface area contributed by atoms with Gasteiger partial charge in [0.2, 0.25) is 11.2 Å². The van der Waals surface area contributed by atoms with Gasteiger partial charge in [-0.25, -0.2) is 19.0 Å². The number of hydrogen-bond acceptors (Lipinski definition) is 12. The number of terminal acetylenes is 1. The van der Waals surface area contributed by atoms with Crippen LogP contribution in [0.15, 0.2) is 77.5 Å². The third kappa shape index (κ3) is 9.93. The van der Waals surface area contributed by atoms with Crippen LogP contribution < -0.4 is 0 Å². The fourth-order valence-electron chi connectivity index (χ4n) is 7.45. The lowest BCUT2D eigenvalue weighted by molar-refractivity contribution is -0.138. The summed E-state index contributed by atoms with van der Waals surface area (Å²) in [7, 11) is 5.96. The highest BCUT2D eigenvalue weighted by Gasteiger charge is 2.43. The topological polar surface area (TPSA) is 195 Å². The van der Waals surface area contributed by atoms with Crippen LogP contribution in [0.25, 0.3) is 33.2 Å². The van der Waals surface area contributed by atoms with E-state index in [0.29, 0.717) is 48.3 Å². The van der Waals surface area contributed by atoms with Crippen LogP contribution in [0.5, 0.6) is 0 Å². The Morgan fingerprint density at radius 3 is 1.65 bits per heavy atom. The fourth-order valence-corrected chi connectivity index (χ4v) is 7.83. The number of halogens is 1. The number of aryl methyl sites for hydroxylation is 2. The first-order chi connectivity index (χ1) is 31.1. The number of aromatic nitrogens is 6. The minimum Gasteiger partial charge on any atom is -0.464 e. The van der Waals surface area contributed by atoms with Gasteiger partial charge in [0.25, 0.3) is 11.8 Å². The van der Waals surface area contributed by atoms with Crippen molar-refractivity contribution in [1.82, 2.24) is 39.3 Å². The lowest BCUT2D eigenvalue weighted by Gasteiger charge is -2.13.